The van der Waals surface area contributed by atoms with E-state index in [4.69, 9.17) is 0 Å². The normalized spacial score (nSPS) is 11.8. The minimum atomic E-state index is -3.30. The van der Waals surface area contributed by atoms with Crippen LogP contribution in [0.1, 0.15) is 22.8 Å². The van der Waals surface area contributed by atoms with Crippen molar-refractivity contribution in [3.63, 3.8) is 0 Å². The van der Waals surface area contributed by atoms with Crippen LogP contribution in [0, 0.1) is 0 Å². The molecule has 0 aliphatic heterocycles. The SMILES string of the molecule is C/C(=N\NC(=O)c1ccccc1)c1ccc(NS(C)(=O)=O)cc1. The van der Waals surface area contributed by atoms with Gasteiger partial charge in [0, 0.05) is 11.3 Å². The number of hydrazone groups is 1. The third-order valence-electron chi connectivity index (χ3n) is 2.97. The van der Waals surface area contributed by atoms with Gasteiger partial charge in [-0.05, 0) is 36.8 Å². The van der Waals surface area contributed by atoms with E-state index in [1.165, 1.54) is 0 Å². The van der Waals surface area contributed by atoms with Crippen molar-refractivity contribution in [3.8, 4) is 0 Å². The second kappa shape index (κ2) is 7.06. The molecule has 7 heteroatoms. The number of rotatable bonds is 5. The topological polar surface area (TPSA) is 87.6 Å². The molecule has 0 aromatic heterocycles. The van der Waals surface area contributed by atoms with Crippen LogP contribution in [0.3, 0.4) is 0 Å². The van der Waals surface area contributed by atoms with Crippen LogP contribution in [0.15, 0.2) is 59.7 Å². The number of anilines is 1. The van der Waals surface area contributed by atoms with Crippen LogP contribution in [-0.4, -0.2) is 26.3 Å². The van der Waals surface area contributed by atoms with Crippen molar-refractivity contribution in [2.75, 3.05) is 11.0 Å². The van der Waals surface area contributed by atoms with Crippen molar-refractivity contribution in [2.45, 2.75) is 6.92 Å². The van der Waals surface area contributed by atoms with Crippen LogP contribution < -0.4 is 10.1 Å². The van der Waals surface area contributed by atoms with Gasteiger partial charge in [0.1, 0.15) is 0 Å². The summed E-state index contributed by atoms with van der Waals surface area (Å²) in [6.07, 6.45) is 1.09. The van der Waals surface area contributed by atoms with Gasteiger partial charge in [-0.1, -0.05) is 30.3 Å². The van der Waals surface area contributed by atoms with Crippen molar-refractivity contribution < 1.29 is 13.2 Å². The van der Waals surface area contributed by atoms with Gasteiger partial charge in [0.05, 0.1) is 12.0 Å². The number of carbonyl (C=O) groups excluding carboxylic acids is 1. The molecule has 2 N–H and O–H groups in total. The molecule has 1 amide bonds. The number of benzene rings is 2. The molecule has 0 aliphatic rings. The summed E-state index contributed by atoms with van der Waals surface area (Å²) >= 11 is 0. The van der Waals surface area contributed by atoms with Gasteiger partial charge < -0.3 is 0 Å². The van der Waals surface area contributed by atoms with Crippen molar-refractivity contribution >= 4 is 27.3 Å². The fourth-order valence-corrected chi connectivity index (χ4v) is 2.41. The molecule has 0 radical (unpaired) electrons. The molecule has 0 fully saturated rings. The minimum Gasteiger partial charge on any atom is -0.284 e. The third kappa shape index (κ3) is 5.23. The van der Waals surface area contributed by atoms with Gasteiger partial charge >= 0.3 is 0 Å². The maximum absolute atomic E-state index is 11.9. The summed E-state index contributed by atoms with van der Waals surface area (Å²) in [6.45, 7) is 1.75. The Bertz CT molecular complexity index is 813. The molecule has 0 bridgehead atoms. The van der Waals surface area contributed by atoms with Crippen molar-refractivity contribution in [2.24, 2.45) is 5.10 Å². The standard InChI is InChI=1S/C16H17N3O3S/c1-12(17-18-16(20)14-6-4-3-5-7-14)13-8-10-15(11-9-13)19-23(2,21)22/h3-11,19H,1-2H3,(H,18,20)/b17-12+. The fraction of sp³-hybridized carbons (Fsp3) is 0.125. The highest BCUT2D eigenvalue weighted by molar-refractivity contribution is 7.92. The molecule has 2 rings (SSSR count). The summed E-state index contributed by atoms with van der Waals surface area (Å²) in [4.78, 5) is 11.9. The lowest BCUT2D eigenvalue weighted by Crippen LogP contribution is -2.19. The quantitative estimate of drug-likeness (QED) is 0.650. The van der Waals surface area contributed by atoms with Gasteiger partial charge in [0.25, 0.3) is 5.91 Å². The van der Waals surface area contributed by atoms with Crippen LogP contribution in [0.25, 0.3) is 0 Å². The lowest BCUT2D eigenvalue weighted by molar-refractivity contribution is 0.0955. The van der Waals surface area contributed by atoms with Gasteiger partial charge in [-0.25, -0.2) is 13.8 Å². The van der Waals surface area contributed by atoms with Gasteiger partial charge in [-0.3, -0.25) is 9.52 Å². The number of amides is 1. The molecule has 0 aliphatic carbocycles. The van der Waals surface area contributed by atoms with Crippen LogP contribution in [0.5, 0.6) is 0 Å². The molecule has 2 aromatic rings. The lowest BCUT2D eigenvalue weighted by Gasteiger charge is -2.06. The molecule has 2 aromatic carbocycles. The lowest BCUT2D eigenvalue weighted by atomic mass is 10.1. The molecule has 0 heterocycles. The number of nitrogens with one attached hydrogen (secondary N) is 2. The molecule has 6 nitrogen and oxygen atoms in total. The Balaban J connectivity index is 2.05. The Hall–Kier alpha value is -2.67. The van der Waals surface area contributed by atoms with E-state index in [1.807, 2.05) is 6.07 Å². The van der Waals surface area contributed by atoms with E-state index in [0.29, 0.717) is 17.0 Å². The summed E-state index contributed by atoms with van der Waals surface area (Å²) in [5.41, 5.74) is 4.87. The molecule has 0 atom stereocenters. The zero-order chi connectivity index (χ0) is 16.9. The van der Waals surface area contributed by atoms with Crippen LogP contribution >= 0.6 is 0 Å². The van der Waals surface area contributed by atoms with E-state index in [2.05, 4.69) is 15.2 Å². The number of hydrogen-bond donors (Lipinski definition) is 2. The summed E-state index contributed by atoms with van der Waals surface area (Å²) in [7, 11) is -3.30. The largest absolute Gasteiger partial charge is 0.284 e. The van der Waals surface area contributed by atoms with E-state index < -0.39 is 10.0 Å². The van der Waals surface area contributed by atoms with Gasteiger partial charge in [0.15, 0.2) is 0 Å². The second-order valence-corrected chi connectivity index (χ2v) is 6.70. The number of sulfonamides is 1. The van der Waals surface area contributed by atoms with E-state index in [9.17, 15) is 13.2 Å². The maximum Gasteiger partial charge on any atom is 0.271 e. The zero-order valence-electron chi connectivity index (χ0n) is 12.8. The monoisotopic (exact) mass is 331 g/mol. The van der Waals surface area contributed by atoms with E-state index in [1.54, 1.807) is 55.5 Å². The van der Waals surface area contributed by atoms with Crippen molar-refractivity contribution in [1.29, 1.82) is 0 Å². The first-order chi connectivity index (χ1) is 10.8. The van der Waals surface area contributed by atoms with Crippen LogP contribution in [0.4, 0.5) is 5.69 Å². The molecule has 0 spiro atoms. The molecular formula is C16H17N3O3S. The molecule has 0 saturated carbocycles. The van der Waals surface area contributed by atoms with Crippen molar-refractivity contribution in [3.05, 3.63) is 65.7 Å². The Morgan fingerprint density at radius 2 is 1.57 bits per heavy atom. The summed E-state index contributed by atoms with van der Waals surface area (Å²) in [6, 6.07) is 15.5. The highest BCUT2D eigenvalue weighted by atomic mass is 32.2. The molecule has 120 valence electrons. The van der Waals surface area contributed by atoms with Crippen LogP contribution in [0.2, 0.25) is 0 Å². The third-order valence-corrected chi connectivity index (χ3v) is 3.57. The second-order valence-electron chi connectivity index (χ2n) is 4.96. The molecule has 0 unspecified atom stereocenters. The minimum absolute atomic E-state index is 0.291. The fourth-order valence-electron chi connectivity index (χ4n) is 1.85. The van der Waals surface area contributed by atoms with E-state index in [0.717, 1.165) is 11.8 Å². The number of nitrogens with zero attached hydrogens (tertiary/aromatic N) is 1. The summed E-state index contributed by atoms with van der Waals surface area (Å²) < 4.78 is 24.7. The Morgan fingerprint density at radius 3 is 2.13 bits per heavy atom. The first-order valence-corrected chi connectivity index (χ1v) is 8.72. The van der Waals surface area contributed by atoms with E-state index >= 15 is 0 Å². The van der Waals surface area contributed by atoms with E-state index in [-0.39, 0.29) is 5.91 Å². The van der Waals surface area contributed by atoms with Gasteiger partial charge in [-0.2, -0.15) is 5.10 Å². The van der Waals surface area contributed by atoms with Crippen molar-refractivity contribution in [1.82, 2.24) is 5.43 Å². The zero-order valence-corrected chi connectivity index (χ0v) is 13.6. The highest BCUT2D eigenvalue weighted by Gasteiger charge is 2.05. The first-order valence-electron chi connectivity index (χ1n) is 6.83. The highest BCUT2D eigenvalue weighted by Crippen LogP contribution is 2.11. The predicted molar refractivity (Wildman–Crippen MR) is 91.0 cm³/mol. The maximum atomic E-state index is 11.9. The molecule has 0 saturated heterocycles. The smallest absolute Gasteiger partial charge is 0.271 e. The Kier molecular flexibility index (Phi) is 5.13. The Morgan fingerprint density at radius 1 is 0.957 bits per heavy atom. The number of hydrogen-bond acceptors (Lipinski definition) is 4. The number of carbonyl (C=O) groups is 1. The molecular weight excluding hydrogens is 314 g/mol. The van der Waals surface area contributed by atoms with Crippen LogP contribution in [-0.2, 0) is 10.0 Å². The average Bonchev–Trinajstić information content (AvgIpc) is 2.52. The Labute approximate surface area is 135 Å². The summed E-state index contributed by atoms with van der Waals surface area (Å²) in [5, 5.41) is 4.05. The van der Waals surface area contributed by atoms with Gasteiger partial charge in [-0.15, -0.1) is 0 Å². The summed E-state index contributed by atoms with van der Waals surface area (Å²) in [5.74, 6) is -0.291. The first kappa shape index (κ1) is 16.7. The average molecular weight is 331 g/mol. The molecule has 23 heavy (non-hydrogen) atoms. The predicted octanol–water partition coefficient (Wildman–Crippen LogP) is 2.21. The van der Waals surface area contributed by atoms with Gasteiger partial charge in [0.2, 0.25) is 10.0 Å².